The predicted molar refractivity (Wildman–Crippen MR) is 88.8 cm³/mol. The Bertz CT molecular complexity index is 596. The van der Waals surface area contributed by atoms with E-state index in [2.05, 4.69) is 31.3 Å². The fourth-order valence-corrected chi connectivity index (χ4v) is 2.21. The molecule has 1 N–H and O–H groups in total. The molecule has 2 heteroatoms. The number of nitrogens with one attached hydrogen (secondary N) is 1. The molecule has 21 heavy (non-hydrogen) atoms. The van der Waals surface area contributed by atoms with Crippen molar-refractivity contribution in [2.45, 2.75) is 39.5 Å². The van der Waals surface area contributed by atoms with Crippen LogP contribution in [0, 0.1) is 6.92 Å². The van der Waals surface area contributed by atoms with E-state index in [1.807, 2.05) is 50.2 Å². The molecule has 0 spiro atoms. The highest BCUT2D eigenvalue weighted by molar-refractivity contribution is 5.95. The molecule has 2 aromatic rings. The Morgan fingerprint density at radius 1 is 0.857 bits per heavy atom. The Morgan fingerprint density at radius 3 is 1.90 bits per heavy atom. The minimum absolute atomic E-state index is 0.0242. The minimum atomic E-state index is -0.157. The number of hydrogen-bond donors (Lipinski definition) is 1. The van der Waals surface area contributed by atoms with Gasteiger partial charge in [-0.1, -0.05) is 55.8 Å². The number of rotatable bonds is 4. The molecule has 0 aliphatic carbocycles. The summed E-state index contributed by atoms with van der Waals surface area (Å²) in [5, 5.41) is 2.98. The second-order valence-electron chi connectivity index (χ2n) is 5.90. The maximum atomic E-state index is 12.3. The van der Waals surface area contributed by atoms with Crippen LogP contribution in [-0.4, -0.2) is 5.91 Å². The molecule has 110 valence electrons. The monoisotopic (exact) mass is 281 g/mol. The molecular weight excluding hydrogens is 258 g/mol. The molecular formula is C19H23NO. The number of hydrogen-bond acceptors (Lipinski definition) is 1. The zero-order valence-electron chi connectivity index (χ0n) is 13.2. The maximum Gasteiger partial charge on any atom is 0.231 e. The third-order valence-corrected chi connectivity index (χ3v) is 3.82. The van der Waals surface area contributed by atoms with Gasteiger partial charge in [0.25, 0.3) is 0 Å². The van der Waals surface area contributed by atoms with Crippen molar-refractivity contribution in [3.05, 3.63) is 65.2 Å². The lowest BCUT2D eigenvalue weighted by Crippen LogP contribution is -2.18. The summed E-state index contributed by atoms with van der Waals surface area (Å²) >= 11 is 0. The van der Waals surface area contributed by atoms with Gasteiger partial charge in [0.1, 0.15) is 0 Å². The van der Waals surface area contributed by atoms with Gasteiger partial charge in [-0.3, -0.25) is 4.79 Å². The smallest absolute Gasteiger partial charge is 0.231 e. The molecule has 0 fully saturated rings. The zero-order chi connectivity index (χ0) is 15.4. The zero-order valence-corrected chi connectivity index (χ0v) is 13.2. The Balaban J connectivity index is 2.05. The summed E-state index contributed by atoms with van der Waals surface area (Å²) in [5.41, 5.74) is 4.37. The molecule has 2 rings (SSSR count). The van der Waals surface area contributed by atoms with Crippen molar-refractivity contribution >= 4 is 11.6 Å². The molecule has 2 aromatic carbocycles. The van der Waals surface area contributed by atoms with Gasteiger partial charge in [0, 0.05) is 5.69 Å². The molecule has 2 nitrogen and oxygen atoms in total. The molecule has 1 unspecified atom stereocenters. The summed E-state index contributed by atoms with van der Waals surface area (Å²) in [6.45, 7) is 8.30. The van der Waals surface area contributed by atoms with E-state index in [1.165, 1.54) is 11.1 Å². The van der Waals surface area contributed by atoms with E-state index in [0.29, 0.717) is 5.92 Å². The molecule has 0 saturated heterocycles. The highest BCUT2D eigenvalue weighted by atomic mass is 16.1. The molecule has 0 aliphatic rings. The second-order valence-corrected chi connectivity index (χ2v) is 5.90. The summed E-state index contributed by atoms with van der Waals surface area (Å²) in [6.07, 6.45) is 0. The van der Waals surface area contributed by atoms with E-state index < -0.39 is 0 Å². The number of amides is 1. The first-order chi connectivity index (χ1) is 9.97. The van der Waals surface area contributed by atoms with Crippen molar-refractivity contribution in [2.75, 3.05) is 5.32 Å². The lowest BCUT2D eigenvalue weighted by atomic mass is 9.99. The number of aryl methyl sites for hydroxylation is 1. The SMILES string of the molecule is Cc1ccc(C(C)C(=O)Nc2ccc(C(C)C)cc2)cc1. The van der Waals surface area contributed by atoms with Crippen molar-refractivity contribution in [2.24, 2.45) is 0 Å². The highest BCUT2D eigenvalue weighted by Gasteiger charge is 2.15. The van der Waals surface area contributed by atoms with Crippen LogP contribution in [0.4, 0.5) is 5.69 Å². The molecule has 1 atom stereocenters. The molecule has 0 heterocycles. The standard InChI is InChI=1S/C19H23NO/c1-13(2)16-9-11-18(12-10-16)20-19(21)15(4)17-7-5-14(3)6-8-17/h5-13,15H,1-4H3,(H,20,21). The Labute approximate surface area is 127 Å². The Hall–Kier alpha value is -2.09. The van der Waals surface area contributed by atoms with Gasteiger partial charge >= 0.3 is 0 Å². The normalized spacial score (nSPS) is 12.2. The van der Waals surface area contributed by atoms with Crippen LogP contribution in [-0.2, 0) is 4.79 Å². The third kappa shape index (κ3) is 3.94. The van der Waals surface area contributed by atoms with Crippen LogP contribution >= 0.6 is 0 Å². The lowest BCUT2D eigenvalue weighted by molar-refractivity contribution is -0.117. The first kappa shape index (κ1) is 15.3. The fraction of sp³-hybridized carbons (Fsp3) is 0.316. The van der Waals surface area contributed by atoms with E-state index in [4.69, 9.17) is 0 Å². The van der Waals surface area contributed by atoms with E-state index >= 15 is 0 Å². The fourth-order valence-electron chi connectivity index (χ4n) is 2.21. The van der Waals surface area contributed by atoms with Gasteiger partial charge in [0.2, 0.25) is 5.91 Å². The van der Waals surface area contributed by atoms with Crippen LogP contribution in [0.1, 0.15) is 49.3 Å². The van der Waals surface area contributed by atoms with Gasteiger partial charge < -0.3 is 5.32 Å². The van der Waals surface area contributed by atoms with Crippen LogP contribution in [0.15, 0.2) is 48.5 Å². The predicted octanol–water partition coefficient (Wildman–Crippen LogP) is 4.86. The minimum Gasteiger partial charge on any atom is -0.326 e. The molecule has 0 saturated carbocycles. The topological polar surface area (TPSA) is 29.1 Å². The first-order valence-corrected chi connectivity index (χ1v) is 7.44. The van der Waals surface area contributed by atoms with Crippen molar-refractivity contribution in [3.8, 4) is 0 Å². The lowest BCUT2D eigenvalue weighted by Gasteiger charge is -2.13. The average molecular weight is 281 g/mol. The maximum absolute atomic E-state index is 12.3. The van der Waals surface area contributed by atoms with E-state index in [-0.39, 0.29) is 11.8 Å². The first-order valence-electron chi connectivity index (χ1n) is 7.44. The van der Waals surface area contributed by atoms with Crippen LogP contribution in [0.25, 0.3) is 0 Å². The Morgan fingerprint density at radius 2 is 1.38 bits per heavy atom. The quantitative estimate of drug-likeness (QED) is 0.852. The van der Waals surface area contributed by atoms with Crippen LogP contribution in [0.2, 0.25) is 0 Å². The van der Waals surface area contributed by atoms with E-state index in [0.717, 1.165) is 11.3 Å². The third-order valence-electron chi connectivity index (χ3n) is 3.82. The van der Waals surface area contributed by atoms with Gasteiger partial charge in [0.15, 0.2) is 0 Å². The number of anilines is 1. The van der Waals surface area contributed by atoms with Crippen LogP contribution in [0.5, 0.6) is 0 Å². The number of carbonyl (C=O) groups excluding carboxylic acids is 1. The Kier molecular flexibility index (Phi) is 4.79. The average Bonchev–Trinajstić information content (AvgIpc) is 2.47. The number of benzene rings is 2. The van der Waals surface area contributed by atoms with Gasteiger partial charge in [-0.25, -0.2) is 0 Å². The van der Waals surface area contributed by atoms with E-state index in [9.17, 15) is 4.79 Å². The van der Waals surface area contributed by atoms with Gasteiger partial charge in [-0.15, -0.1) is 0 Å². The number of carbonyl (C=O) groups is 1. The van der Waals surface area contributed by atoms with Crippen molar-refractivity contribution < 1.29 is 4.79 Å². The largest absolute Gasteiger partial charge is 0.326 e. The highest BCUT2D eigenvalue weighted by Crippen LogP contribution is 2.20. The van der Waals surface area contributed by atoms with E-state index in [1.54, 1.807) is 0 Å². The van der Waals surface area contributed by atoms with Gasteiger partial charge in [0.05, 0.1) is 5.92 Å². The van der Waals surface area contributed by atoms with Gasteiger partial charge in [-0.05, 0) is 43.0 Å². The van der Waals surface area contributed by atoms with Crippen LogP contribution < -0.4 is 5.32 Å². The summed E-state index contributed by atoms with van der Waals surface area (Å²) in [6, 6.07) is 16.2. The summed E-state index contributed by atoms with van der Waals surface area (Å²) in [7, 11) is 0. The summed E-state index contributed by atoms with van der Waals surface area (Å²) in [4.78, 5) is 12.3. The van der Waals surface area contributed by atoms with Crippen molar-refractivity contribution in [3.63, 3.8) is 0 Å². The molecule has 0 aliphatic heterocycles. The molecule has 0 aromatic heterocycles. The van der Waals surface area contributed by atoms with Crippen LogP contribution in [0.3, 0.4) is 0 Å². The second kappa shape index (κ2) is 6.57. The summed E-state index contributed by atoms with van der Waals surface area (Å²) in [5.74, 6) is 0.368. The molecule has 1 amide bonds. The molecule has 0 radical (unpaired) electrons. The van der Waals surface area contributed by atoms with Crippen molar-refractivity contribution in [1.29, 1.82) is 0 Å². The van der Waals surface area contributed by atoms with Crippen molar-refractivity contribution in [1.82, 2.24) is 0 Å². The molecule has 0 bridgehead atoms. The summed E-state index contributed by atoms with van der Waals surface area (Å²) < 4.78 is 0. The van der Waals surface area contributed by atoms with Gasteiger partial charge in [-0.2, -0.15) is 0 Å².